The molecule has 17 heavy (non-hydrogen) atoms. The Bertz CT molecular complexity index is 540. The quantitative estimate of drug-likeness (QED) is 0.379. The Kier molecular flexibility index (Phi) is 3.59. The van der Waals surface area contributed by atoms with Crippen molar-refractivity contribution in [2.24, 2.45) is 5.73 Å². The van der Waals surface area contributed by atoms with Gasteiger partial charge in [-0.15, -0.1) is 0 Å². The lowest BCUT2D eigenvalue weighted by atomic mass is 10.1. The summed E-state index contributed by atoms with van der Waals surface area (Å²) in [5, 5.41) is 7.55. The Labute approximate surface area is 98.1 Å². The zero-order valence-electron chi connectivity index (χ0n) is 8.95. The van der Waals surface area contributed by atoms with Gasteiger partial charge < -0.3 is 16.6 Å². The molecule has 0 aliphatic heterocycles. The second kappa shape index (κ2) is 4.60. The molecule has 1 rings (SSSR count). The van der Waals surface area contributed by atoms with Gasteiger partial charge in [-0.3, -0.25) is 8.98 Å². The third-order valence-corrected chi connectivity index (χ3v) is 3.68. The maximum atomic E-state index is 11.5. The van der Waals surface area contributed by atoms with Gasteiger partial charge in [0.2, 0.25) is 5.91 Å². The number of hydrogen-bond donors (Lipinski definition) is 3. The molecule has 7 nitrogen and oxygen atoms in total. The van der Waals surface area contributed by atoms with Crippen molar-refractivity contribution in [2.45, 2.75) is 5.25 Å². The normalized spacial score (nSPS) is 13.2. The van der Waals surface area contributed by atoms with Gasteiger partial charge >= 0.3 is 0 Å². The lowest BCUT2D eigenvalue weighted by molar-refractivity contribution is -0.117. The number of anilines is 1. The topological polar surface area (TPSA) is 133 Å². The summed E-state index contributed by atoms with van der Waals surface area (Å²) in [6.07, 6.45) is 0. The molecular formula is C9H12N2O5S. The Morgan fingerprint density at radius 3 is 2.47 bits per heavy atom. The van der Waals surface area contributed by atoms with E-state index in [4.69, 9.17) is 11.5 Å². The van der Waals surface area contributed by atoms with Crippen LogP contribution < -0.4 is 11.5 Å². The SMILES string of the molecule is COS(=O)(=O)[C@@H](C(N)=O)c1ccc(O)c(N)c1. The molecule has 0 radical (unpaired) electrons. The van der Waals surface area contributed by atoms with Gasteiger partial charge in [-0.2, -0.15) is 8.42 Å². The predicted molar refractivity (Wildman–Crippen MR) is 60.4 cm³/mol. The molecular weight excluding hydrogens is 248 g/mol. The number of carbonyl (C=O) groups is 1. The van der Waals surface area contributed by atoms with E-state index >= 15 is 0 Å². The van der Waals surface area contributed by atoms with Crippen molar-refractivity contribution in [1.82, 2.24) is 0 Å². The molecule has 0 aliphatic carbocycles. The van der Waals surface area contributed by atoms with Gasteiger partial charge in [0.05, 0.1) is 12.8 Å². The number of phenols is 1. The van der Waals surface area contributed by atoms with Crippen molar-refractivity contribution in [2.75, 3.05) is 12.8 Å². The fourth-order valence-corrected chi connectivity index (χ4v) is 2.26. The summed E-state index contributed by atoms with van der Waals surface area (Å²) in [6, 6.07) is 3.56. The predicted octanol–water partition coefficient (Wildman–Crippen LogP) is -0.523. The van der Waals surface area contributed by atoms with E-state index in [1.807, 2.05) is 0 Å². The maximum absolute atomic E-state index is 11.5. The Morgan fingerprint density at radius 2 is 2.06 bits per heavy atom. The zero-order chi connectivity index (χ0) is 13.2. The average molecular weight is 260 g/mol. The second-order valence-electron chi connectivity index (χ2n) is 3.26. The molecule has 0 heterocycles. The smallest absolute Gasteiger partial charge is 0.283 e. The molecule has 0 aliphatic rings. The number of hydrogen-bond acceptors (Lipinski definition) is 6. The fourth-order valence-electron chi connectivity index (χ4n) is 1.31. The molecule has 0 aromatic heterocycles. The molecule has 0 spiro atoms. The first-order valence-electron chi connectivity index (χ1n) is 4.46. The van der Waals surface area contributed by atoms with Crippen LogP contribution >= 0.6 is 0 Å². The molecule has 1 aromatic rings. The largest absolute Gasteiger partial charge is 0.506 e. The minimum Gasteiger partial charge on any atom is -0.506 e. The van der Waals surface area contributed by atoms with Gasteiger partial charge in [-0.25, -0.2) is 0 Å². The van der Waals surface area contributed by atoms with Gasteiger partial charge in [-0.05, 0) is 17.7 Å². The van der Waals surface area contributed by atoms with Crippen molar-refractivity contribution in [3.8, 4) is 5.75 Å². The van der Waals surface area contributed by atoms with E-state index in [1.54, 1.807) is 0 Å². The van der Waals surface area contributed by atoms with Crippen LogP contribution in [0.3, 0.4) is 0 Å². The molecule has 8 heteroatoms. The van der Waals surface area contributed by atoms with E-state index in [-0.39, 0.29) is 17.0 Å². The van der Waals surface area contributed by atoms with Crippen LogP contribution in [0.5, 0.6) is 5.75 Å². The Morgan fingerprint density at radius 1 is 1.47 bits per heavy atom. The van der Waals surface area contributed by atoms with Crippen molar-refractivity contribution >= 4 is 21.7 Å². The summed E-state index contributed by atoms with van der Waals surface area (Å²) < 4.78 is 27.3. The first-order valence-corrected chi connectivity index (χ1v) is 5.94. The highest BCUT2D eigenvalue weighted by molar-refractivity contribution is 7.87. The number of nitrogens with two attached hydrogens (primary N) is 2. The molecule has 94 valence electrons. The number of carbonyl (C=O) groups excluding carboxylic acids is 1. The Hall–Kier alpha value is -1.80. The molecule has 5 N–H and O–H groups in total. The molecule has 1 atom stereocenters. The van der Waals surface area contributed by atoms with Crippen molar-refractivity contribution in [1.29, 1.82) is 0 Å². The molecule has 1 aromatic carbocycles. The number of amides is 1. The van der Waals surface area contributed by atoms with Crippen LogP contribution in [-0.2, 0) is 19.1 Å². The molecule has 0 saturated heterocycles. The van der Waals surface area contributed by atoms with E-state index in [2.05, 4.69) is 4.18 Å². The standard InChI is InChI=1S/C9H12N2O5S/c1-16-17(14,15)8(9(11)13)5-2-3-7(12)6(10)4-5/h2-4,8,12H,10H2,1H3,(H2,11,13)/t8-/m1/s1. The van der Waals surface area contributed by atoms with Crippen LogP contribution in [0.2, 0.25) is 0 Å². The highest BCUT2D eigenvalue weighted by Gasteiger charge is 2.33. The van der Waals surface area contributed by atoms with Crippen molar-refractivity contribution < 1.29 is 22.5 Å². The highest BCUT2D eigenvalue weighted by Crippen LogP contribution is 2.28. The highest BCUT2D eigenvalue weighted by atomic mass is 32.2. The lowest BCUT2D eigenvalue weighted by Crippen LogP contribution is -2.29. The van der Waals surface area contributed by atoms with Crippen molar-refractivity contribution in [3.63, 3.8) is 0 Å². The van der Waals surface area contributed by atoms with Crippen molar-refractivity contribution in [3.05, 3.63) is 23.8 Å². The van der Waals surface area contributed by atoms with Crippen LogP contribution in [0.1, 0.15) is 10.8 Å². The van der Waals surface area contributed by atoms with E-state index < -0.39 is 21.3 Å². The first kappa shape index (κ1) is 13.3. The molecule has 1 amide bonds. The molecule has 0 unspecified atom stereocenters. The number of aromatic hydroxyl groups is 1. The van der Waals surface area contributed by atoms with E-state index in [0.29, 0.717) is 0 Å². The van der Waals surface area contributed by atoms with Gasteiger partial charge in [-0.1, -0.05) is 6.07 Å². The summed E-state index contributed by atoms with van der Waals surface area (Å²) in [6.45, 7) is 0. The van der Waals surface area contributed by atoms with Crippen LogP contribution in [0, 0.1) is 0 Å². The van der Waals surface area contributed by atoms with Crippen LogP contribution in [0.25, 0.3) is 0 Å². The molecule has 0 fully saturated rings. The van der Waals surface area contributed by atoms with Gasteiger partial charge in [0, 0.05) is 0 Å². The maximum Gasteiger partial charge on any atom is 0.283 e. The minimum absolute atomic E-state index is 0.0367. The minimum atomic E-state index is -4.15. The van der Waals surface area contributed by atoms with E-state index in [0.717, 1.165) is 13.2 Å². The summed E-state index contributed by atoms with van der Waals surface area (Å²) in [5.41, 5.74) is 10.4. The molecule has 0 saturated carbocycles. The molecule has 0 bridgehead atoms. The van der Waals surface area contributed by atoms with Gasteiger partial charge in [0.25, 0.3) is 10.1 Å². The fraction of sp³-hybridized carbons (Fsp3) is 0.222. The number of nitrogen functional groups attached to an aromatic ring is 1. The van der Waals surface area contributed by atoms with E-state index in [9.17, 15) is 18.3 Å². The summed E-state index contributed by atoms with van der Waals surface area (Å²) in [7, 11) is -3.23. The average Bonchev–Trinajstić information content (AvgIpc) is 2.22. The number of phenolic OH excluding ortho intramolecular Hbond substituents is 1. The van der Waals surface area contributed by atoms with Crippen LogP contribution in [0.4, 0.5) is 5.69 Å². The number of primary amides is 1. The monoisotopic (exact) mass is 260 g/mol. The van der Waals surface area contributed by atoms with Crippen LogP contribution in [-0.4, -0.2) is 26.5 Å². The first-order chi connectivity index (χ1) is 7.79. The van der Waals surface area contributed by atoms with E-state index in [1.165, 1.54) is 12.1 Å². The Balaban J connectivity index is 3.34. The third kappa shape index (κ3) is 2.66. The van der Waals surface area contributed by atoms with Gasteiger partial charge in [0.15, 0.2) is 5.25 Å². The summed E-state index contributed by atoms with van der Waals surface area (Å²) in [4.78, 5) is 11.2. The third-order valence-electron chi connectivity index (χ3n) is 2.13. The number of benzene rings is 1. The summed E-state index contributed by atoms with van der Waals surface area (Å²) in [5.74, 6) is -1.30. The summed E-state index contributed by atoms with van der Waals surface area (Å²) >= 11 is 0. The lowest BCUT2D eigenvalue weighted by Gasteiger charge is -2.13. The number of rotatable bonds is 4. The van der Waals surface area contributed by atoms with Crippen LogP contribution in [0.15, 0.2) is 18.2 Å². The zero-order valence-corrected chi connectivity index (χ0v) is 9.77. The second-order valence-corrected chi connectivity index (χ2v) is 5.05. The van der Waals surface area contributed by atoms with Gasteiger partial charge in [0.1, 0.15) is 5.75 Å².